The van der Waals surface area contributed by atoms with Crippen LogP contribution in [0.25, 0.3) is 0 Å². The Bertz CT molecular complexity index is 622. The molecule has 0 amide bonds. The van der Waals surface area contributed by atoms with Crippen LogP contribution in [0, 0.1) is 0 Å². The molecule has 0 saturated heterocycles. The summed E-state index contributed by atoms with van der Waals surface area (Å²) in [6, 6.07) is 2.35. The zero-order valence-corrected chi connectivity index (χ0v) is 8.52. The molecule has 0 fully saturated rings. The number of ether oxygens (including phenoxy) is 1. The van der Waals surface area contributed by atoms with E-state index in [9.17, 15) is 18.0 Å². The highest BCUT2D eigenvalue weighted by molar-refractivity contribution is 5.91. The van der Waals surface area contributed by atoms with Crippen LogP contribution in [0.15, 0.2) is 28.4 Å². The molecule has 0 saturated carbocycles. The third-order valence-electron chi connectivity index (χ3n) is 2.42. The van der Waals surface area contributed by atoms with Gasteiger partial charge in [0.05, 0.1) is 11.2 Å². The number of carboxylic acid groups (broad SMARTS) is 1. The maximum atomic E-state index is 12.9. The predicted octanol–water partition coefficient (Wildman–Crippen LogP) is 2.57. The number of benzene rings is 1. The van der Waals surface area contributed by atoms with Crippen molar-refractivity contribution in [1.82, 2.24) is 0 Å². The number of rotatable bonds is 3. The number of hydrogen-bond acceptors (Lipinski definition) is 4. The minimum atomic E-state index is -4.81. The number of hydrogen-bond donors (Lipinski definition) is 1. The fraction of sp³-hybridized carbons (Fsp3) is 0.300. The summed E-state index contributed by atoms with van der Waals surface area (Å²) in [7, 11) is -3.01. The van der Waals surface area contributed by atoms with Crippen LogP contribution in [0.4, 0.5) is 13.2 Å². The second kappa shape index (κ2) is 3.69. The van der Waals surface area contributed by atoms with Crippen molar-refractivity contribution in [3.63, 3.8) is 0 Å². The summed E-state index contributed by atoms with van der Waals surface area (Å²) in [6.45, 7) is 0. The van der Waals surface area contributed by atoms with Crippen molar-refractivity contribution in [2.45, 2.75) is 11.8 Å². The normalized spacial score (nSPS) is 19.6. The molecule has 0 aliphatic carbocycles. The van der Waals surface area contributed by atoms with Gasteiger partial charge in [0, 0.05) is 5.56 Å². The number of alkyl halides is 3. The summed E-state index contributed by atoms with van der Waals surface area (Å²) in [5, 5.41) is 14.8. The van der Waals surface area contributed by atoms with Crippen LogP contribution < -0.4 is 4.74 Å². The maximum absolute atomic E-state index is 12.9. The number of halogens is 3. The Hall–Kier alpha value is -2.12. The highest BCUT2D eigenvalue weighted by atomic mass is 19.4. The molecule has 1 aromatic rings. The molecule has 1 heterocycles. The van der Waals surface area contributed by atoms with Gasteiger partial charge in [-0.15, -0.1) is 10.2 Å². The SMILES string of the molecule is [3H]C([3H])([3H])Oc1cc(C2(C(F)(F)F)N=N2)ccc1C(=O)O. The maximum Gasteiger partial charge on any atom is 0.442 e. The second-order valence-corrected chi connectivity index (χ2v) is 3.49. The molecule has 18 heavy (non-hydrogen) atoms. The highest BCUT2D eigenvalue weighted by Crippen LogP contribution is 2.52. The van der Waals surface area contributed by atoms with Crippen molar-refractivity contribution < 1.29 is 31.9 Å². The Balaban J connectivity index is 2.48. The largest absolute Gasteiger partial charge is 0.496 e. The molecule has 0 atom stereocenters. The summed E-state index contributed by atoms with van der Waals surface area (Å²) >= 11 is 0. The first-order chi connectivity index (χ1) is 9.46. The van der Waals surface area contributed by atoms with Crippen LogP contribution in [-0.2, 0) is 5.66 Å². The molecule has 5 nitrogen and oxygen atoms in total. The molecule has 0 bridgehead atoms. The number of aromatic carboxylic acids is 1. The van der Waals surface area contributed by atoms with E-state index in [4.69, 9.17) is 9.22 Å². The average molecular weight is 266 g/mol. The molecule has 1 aliphatic heterocycles. The molecule has 0 aromatic heterocycles. The molecule has 0 unspecified atom stereocenters. The van der Waals surface area contributed by atoms with Crippen molar-refractivity contribution in [2.24, 2.45) is 10.2 Å². The predicted molar refractivity (Wildman–Crippen MR) is 52.5 cm³/mol. The van der Waals surface area contributed by atoms with Gasteiger partial charge >= 0.3 is 17.8 Å². The Morgan fingerprint density at radius 3 is 2.61 bits per heavy atom. The summed E-state index contributed by atoms with van der Waals surface area (Å²) in [5.41, 5.74) is -3.87. The summed E-state index contributed by atoms with van der Waals surface area (Å²) in [6.07, 6.45) is -4.81. The van der Waals surface area contributed by atoms with Crippen molar-refractivity contribution in [1.29, 1.82) is 0 Å². The van der Waals surface area contributed by atoms with E-state index in [1.165, 1.54) is 0 Å². The first-order valence-corrected chi connectivity index (χ1v) is 4.54. The monoisotopic (exact) mass is 266 g/mol. The fourth-order valence-electron chi connectivity index (χ4n) is 1.44. The molecule has 2 rings (SSSR count). The van der Waals surface area contributed by atoms with E-state index in [1.54, 1.807) is 0 Å². The smallest absolute Gasteiger partial charge is 0.442 e. The molecule has 0 radical (unpaired) electrons. The molecule has 1 aliphatic rings. The molecule has 1 aromatic carbocycles. The van der Waals surface area contributed by atoms with E-state index in [1.807, 2.05) is 0 Å². The van der Waals surface area contributed by atoms with E-state index in [2.05, 4.69) is 15.0 Å². The quantitative estimate of drug-likeness (QED) is 0.913. The number of carbonyl (C=O) groups is 1. The molecular weight excluding hydrogens is 253 g/mol. The van der Waals surface area contributed by atoms with Gasteiger partial charge in [0.2, 0.25) is 0 Å². The van der Waals surface area contributed by atoms with Gasteiger partial charge in [0.25, 0.3) is 0 Å². The fourth-order valence-corrected chi connectivity index (χ4v) is 1.44. The number of methoxy groups -OCH3 is 1. The lowest BCUT2D eigenvalue weighted by molar-refractivity contribution is -0.166. The lowest BCUT2D eigenvalue weighted by Gasteiger charge is -2.16. The van der Waals surface area contributed by atoms with E-state index >= 15 is 0 Å². The van der Waals surface area contributed by atoms with Gasteiger partial charge in [0.15, 0.2) is 0 Å². The van der Waals surface area contributed by atoms with Crippen LogP contribution in [0.2, 0.25) is 0 Å². The van der Waals surface area contributed by atoms with Crippen LogP contribution in [0.5, 0.6) is 5.75 Å². The van der Waals surface area contributed by atoms with E-state index in [0.29, 0.717) is 6.07 Å². The van der Waals surface area contributed by atoms with Crippen LogP contribution in [0.1, 0.15) is 20.0 Å². The molecule has 1 N–H and O–H groups in total. The Labute approximate surface area is 103 Å². The topological polar surface area (TPSA) is 71.2 Å². The first-order valence-electron chi connectivity index (χ1n) is 6.04. The lowest BCUT2D eigenvalue weighted by atomic mass is 10.0. The lowest BCUT2D eigenvalue weighted by Crippen LogP contribution is -2.30. The third kappa shape index (κ3) is 1.69. The summed E-state index contributed by atoms with van der Waals surface area (Å²) in [4.78, 5) is 10.9. The van der Waals surface area contributed by atoms with E-state index in [0.717, 1.165) is 12.1 Å². The highest BCUT2D eigenvalue weighted by Gasteiger charge is 2.65. The van der Waals surface area contributed by atoms with Gasteiger partial charge in [-0.05, 0) is 12.1 Å². The van der Waals surface area contributed by atoms with Gasteiger partial charge in [-0.2, -0.15) is 13.2 Å². The minimum Gasteiger partial charge on any atom is -0.496 e. The second-order valence-electron chi connectivity index (χ2n) is 3.49. The van der Waals surface area contributed by atoms with Gasteiger partial charge in [-0.25, -0.2) is 4.79 Å². The zero-order chi connectivity index (χ0) is 16.1. The van der Waals surface area contributed by atoms with Gasteiger partial charge in [-0.3, -0.25) is 0 Å². The Morgan fingerprint density at radius 2 is 2.17 bits per heavy atom. The van der Waals surface area contributed by atoms with Crippen molar-refractivity contribution >= 4 is 5.97 Å². The van der Waals surface area contributed by atoms with Crippen LogP contribution in [0.3, 0.4) is 0 Å². The van der Waals surface area contributed by atoms with Gasteiger partial charge in [0.1, 0.15) is 11.3 Å². The molecule has 8 heteroatoms. The Morgan fingerprint density at radius 1 is 1.50 bits per heavy atom. The third-order valence-corrected chi connectivity index (χ3v) is 2.42. The number of carboxylic acids is 1. The molecular formula is C10H7F3N2O3. The van der Waals surface area contributed by atoms with Crippen molar-refractivity contribution in [3.8, 4) is 5.75 Å². The van der Waals surface area contributed by atoms with E-state index < -0.39 is 41.7 Å². The standard InChI is InChI=1S/C10H7F3N2O3/c1-18-7-4-5(2-3-6(7)8(16)17)9(14-15-9)10(11,12)13/h2-4H,1H3,(H,16,17)/i1T3. The zero-order valence-electron chi connectivity index (χ0n) is 11.5. The van der Waals surface area contributed by atoms with Crippen molar-refractivity contribution in [2.75, 3.05) is 7.04 Å². The van der Waals surface area contributed by atoms with Crippen LogP contribution >= 0.6 is 0 Å². The van der Waals surface area contributed by atoms with Gasteiger partial charge in [-0.1, -0.05) is 6.07 Å². The summed E-state index contributed by atoms with van der Waals surface area (Å²) < 4.78 is 63.8. The Kier molecular flexibility index (Phi) is 1.82. The van der Waals surface area contributed by atoms with Crippen LogP contribution in [-0.4, -0.2) is 24.3 Å². The van der Waals surface area contributed by atoms with Crippen molar-refractivity contribution in [3.05, 3.63) is 29.3 Å². The molecule has 96 valence electrons. The minimum absolute atomic E-state index is 0.515. The molecule has 0 spiro atoms. The summed E-state index contributed by atoms with van der Waals surface area (Å²) in [5.74, 6) is -2.24. The van der Waals surface area contributed by atoms with E-state index in [-0.39, 0.29) is 0 Å². The average Bonchev–Trinajstić information content (AvgIpc) is 3.05. The number of nitrogens with zero attached hydrogens (tertiary/aromatic N) is 2. The first kappa shape index (κ1) is 8.90. The van der Waals surface area contributed by atoms with Gasteiger partial charge < -0.3 is 9.84 Å².